The van der Waals surface area contributed by atoms with Gasteiger partial charge in [0.2, 0.25) is 6.79 Å². The molecule has 0 bridgehead atoms. The van der Waals surface area contributed by atoms with Crippen LogP contribution in [0.15, 0.2) is 12.1 Å². The van der Waals surface area contributed by atoms with Gasteiger partial charge in [-0.2, -0.15) is 0 Å². The van der Waals surface area contributed by atoms with Crippen molar-refractivity contribution in [3.05, 3.63) is 17.7 Å². The van der Waals surface area contributed by atoms with E-state index in [1.54, 1.807) is 17.0 Å². The Hall–Kier alpha value is -1.99. The van der Waals surface area contributed by atoms with Crippen LogP contribution in [0.5, 0.6) is 17.2 Å². The van der Waals surface area contributed by atoms with Gasteiger partial charge in [0, 0.05) is 24.7 Å². The van der Waals surface area contributed by atoms with Crippen LogP contribution < -0.4 is 14.2 Å². The molecule has 3 rings (SSSR count). The lowest BCUT2D eigenvalue weighted by Crippen LogP contribution is -2.43. The van der Waals surface area contributed by atoms with E-state index < -0.39 is 0 Å². The zero-order valence-corrected chi connectivity index (χ0v) is 11.5. The molecule has 1 amide bonds. The van der Waals surface area contributed by atoms with Gasteiger partial charge in [-0.1, -0.05) is 0 Å². The SMILES string of the molecule is O=C(COc1cc2c(cc1CO)OCO2)N1CCOCC1. The highest BCUT2D eigenvalue weighted by Gasteiger charge is 2.20. The summed E-state index contributed by atoms with van der Waals surface area (Å²) in [6.45, 7) is 2.14. The second kappa shape index (κ2) is 6.19. The normalized spacial score (nSPS) is 16.9. The molecule has 2 heterocycles. The molecule has 0 atom stereocenters. The molecular weight excluding hydrogens is 278 g/mol. The average molecular weight is 295 g/mol. The zero-order valence-electron chi connectivity index (χ0n) is 11.5. The summed E-state index contributed by atoms with van der Waals surface area (Å²) < 4.78 is 21.2. The lowest BCUT2D eigenvalue weighted by atomic mass is 10.2. The van der Waals surface area contributed by atoms with Crippen LogP contribution in [0.4, 0.5) is 0 Å². The first-order valence-electron chi connectivity index (χ1n) is 6.79. The van der Waals surface area contributed by atoms with E-state index in [1.165, 1.54) is 0 Å². The van der Waals surface area contributed by atoms with Crippen LogP contribution in [0.1, 0.15) is 5.56 Å². The number of carbonyl (C=O) groups is 1. The number of amides is 1. The van der Waals surface area contributed by atoms with E-state index in [1.807, 2.05) is 0 Å². The Morgan fingerprint density at radius 1 is 1.24 bits per heavy atom. The molecule has 7 nitrogen and oxygen atoms in total. The van der Waals surface area contributed by atoms with Crippen molar-refractivity contribution < 1.29 is 28.8 Å². The lowest BCUT2D eigenvalue weighted by Gasteiger charge is -2.26. The number of carbonyl (C=O) groups excluding carboxylic acids is 1. The second-order valence-corrected chi connectivity index (χ2v) is 4.75. The van der Waals surface area contributed by atoms with Crippen molar-refractivity contribution in [2.24, 2.45) is 0 Å². The van der Waals surface area contributed by atoms with Crippen LogP contribution in [-0.2, 0) is 16.1 Å². The van der Waals surface area contributed by atoms with Crippen molar-refractivity contribution in [1.82, 2.24) is 4.90 Å². The average Bonchev–Trinajstić information content (AvgIpc) is 2.99. The van der Waals surface area contributed by atoms with Crippen LogP contribution in [0, 0.1) is 0 Å². The molecule has 0 saturated carbocycles. The maximum atomic E-state index is 12.0. The molecule has 1 saturated heterocycles. The fourth-order valence-corrected chi connectivity index (χ4v) is 2.27. The number of hydrogen-bond acceptors (Lipinski definition) is 6. The van der Waals surface area contributed by atoms with Gasteiger partial charge in [0.25, 0.3) is 5.91 Å². The number of fused-ring (bicyclic) bond motifs is 1. The molecule has 1 aromatic rings. The van der Waals surface area contributed by atoms with Crippen molar-refractivity contribution in [2.45, 2.75) is 6.61 Å². The minimum Gasteiger partial charge on any atom is -0.483 e. The number of benzene rings is 1. The van der Waals surface area contributed by atoms with Gasteiger partial charge in [-0.25, -0.2) is 0 Å². The van der Waals surface area contributed by atoms with Crippen LogP contribution in [0.25, 0.3) is 0 Å². The molecule has 0 spiro atoms. The molecule has 114 valence electrons. The number of hydrogen-bond donors (Lipinski definition) is 1. The Labute approximate surface area is 122 Å². The summed E-state index contributed by atoms with van der Waals surface area (Å²) in [6, 6.07) is 3.30. The van der Waals surface area contributed by atoms with E-state index >= 15 is 0 Å². The topological polar surface area (TPSA) is 77.5 Å². The predicted molar refractivity (Wildman–Crippen MR) is 71.4 cm³/mol. The third kappa shape index (κ3) is 3.03. The summed E-state index contributed by atoms with van der Waals surface area (Å²) in [7, 11) is 0. The van der Waals surface area contributed by atoms with Crippen molar-refractivity contribution in [3.63, 3.8) is 0 Å². The number of morpholine rings is 1. The highest BCUT2D eigenvalue weighted by atomic mass is 16.7. The molecule has 0 aliphatic carbocycles. The third-order valence-corrected chi connectivity index (χ3v) is 3.44. The van der Waals surface area contributed by atoms with Gasteiger partial charge in [0.1, 0.15) is 5.75 Å². The van der Waals surface area contributed by atoms with E-state index in [9.17, 15) is 9.90 Å². The quantitative estimate of drug-likeness (QED) is 0.852. The number of rotatable bonds is 4. The minimum atomic E-state index is -0.197. The molecular formula is C14H17NO6. The number of nitrogens with zero attached hydrogens (tertiary/aromatic N) is 1. The van der Waals surface area contributed by atoms with Crippen molar-refractivity contribution in [1.29, 1.82) is 0 Å². The van der Waals surface area contributed by atoms with Crippen LogP contribution in [0.3, 0.4) is 0 Å². The van der Waals surface area contributed by atoms with Crippen LogP contribution >= 0.6 is 0 Å². The monoisotopic (exact) mass is 295 g/mol. The van der Waals surface area contributed by atoms with Gasteiger partial charge in [-0.15, -0.1) is 0 Å². The molecule has 0 aromatic heterocycles. The van der Waals surface area contributed by atoms with Crippen LogP contribution in [0.2, 0.25) is 0 Å². The second-order valence-electron chi connectivity index (χ2n) is 4.75. The first-order chi connectivity index (χ1) is 10.3. The molecule has 21 heavy (non-hydrogen) atoms. The first-order valence-corrected chi connectivity index (χ1v) is 6.79. The van der Waals surface area contributed by atoms with Gasteiger partial charge >= 0.3 is 0 Å². The largest absolute Gasteiger partial charge is 0.483 e. The predicted octanol–water partition coefficient (Wildman–Crippen LogP) is 0.145. The summed E-state index contributed by atoms with van der Waals surface area (Å²) in [5.74, 6) is 1.47. The number of aliphatic hydroxyl groups excluding tert-OH is 1. The first kappa shape index (κ1) is 14.0. The summed E-state index contributed by atoms with van der Waals surface area (Å²) in [4.78, 5) is 13.7. The standard InChI is InChI=1S/C14H17NO6/c16-7-10-5-12-13(21-9-20-12)6-11(10)19-8-14(17)15-1-3-18-4-2-15/h5-6,16H,1-4,7-9H2. The molecule has 2 aliphatic rings. The smallest absolute Gasteiger partial charge is 0.260 e. The van der Waals surface area contributed by atoms with E-state index in [4.69, 9.17) is 18.9 Å². The van der Waals surface area contributed by atoms with Crippen molar-refractivity contribution in [2.75, 3.05) is 39.7 Å². The molecule has 1 fully saturated rings. The van der Waals surface area contributed by atoms with Gasteiger partial charge in [-0.3, -0.25) is 4.79 Å². The fraction of sp³-hybridized carbons (Fsp3) is 0.500. The minimum absolute atomic E-state index is 0.0767. The molecule has 2 aliphatic heterocycles. The Kier molecular flexibility index (Phi) is 4.12. The van der Waals surface area contributed by atoms with Crippen LogP contribution in [-0.4, -0.2) is 55.6 Å². The lowest BCUT2D eigenvalue weighted by molar-refractivity contribution is -0.137. The Balaban J connectivity index is 1.65. The number of ether oxygens (including phenoxy) is 4. The molecule has 7 heteroatoms. The van der Waals surface area contributed by atoms with Crippen molar-refractivity contribution >= 4 is 5.91 Å². The highest BCUT2D eigenvalue weighted by molar-refractivity contribution is 5.78. The zero-order chi connectivity index (χ0) is 14.7. The molecule has 1 aromatic carbocycles. The fourth-order valence-electron chi connectivity index (χ4n) is 2.27. The maximum absolute atomic E-state index is 12.0. The van der Waals surface area contributed by atoms with E-state index in [0.29, 0.717) is 49.1 Å². The number of aliphatic hydroxyl groups is 1. The molecule has 0 radical (unpaired) electrons. The van der Waals surface area contributed by atoms with Gasteiger partial charge in [0.15, 0.2) is 18.1 Å². The summed E-state index contributed by atoms with van der Waals surface area (Å²) >= 11 is 0. The summed E-state index contributed by atoms with van der Waals surface area (Å²) in [5.41, 5.74) is 0.564. The maximum Gasteiger partial charge on any atom is 0.260 e. The Morgan fingerprint density at radius 2 is 1.95 bits per heavy atom. The molecule has 1 N–H and O–H groups in total. The van der Waals surface area contributed by atoms with E-state index in [-0.39, 0.29) is 25.9 Å². The van der Waals surface area contributed by atoms with Gasteiger partial charge in [0.05, 0.1) is 19.8 Å². The van der Waals surface area contributed by atoms with E-state index in [2.05, 4.69) is 0 Å². The summed E-state index contributed by atoms with van der Waals surface area (Å²) in [6.07, 6.45) is 0. The molecule has 0 unspecified atom stereocenters. The van der Waals surface area contributed by atoms with Gasteiger partial charge in [-0.05, 0) is 6.07 Å². The third-order valence-electron chi connectivity index (χ3n) is 3.44. The van der Waals surface area contributed by atoms with Gasteiger partial charge < -0.3 is 29.0 Å². The Morgan fingerprint density at radius 3 is 2.67 bits per heavy atom. The highest BCUT2D eigenvalue weighted by Crippen LogP contribution is 2.38. The van der Waals surface area contributed by atoms with Crippen molar-refractivity contribution in [3.8, 4) is 17.2 Å². The Bertz CT molecular complexity index is 526. The summed E-state index contributed by atoms with van der Waals surface area (Å²) in [5, 5.41) is 9.38. The van der Waals surface area contributed by atoms with E-state index in [0.717, 1.165) is 0 Å².